The maximum atomic E-state index is 13.4. The Balaban J connectivity index is 2.39. The molecular formula is C26H38N4O4. The van der Waals surface area contributed by atoms with Gasteiger partial charge in [-0.2, -0.15) is 0 Å². The molecule has 0 aliphatic heterocycles. The molecule has 34 heavy (non-hydrogen) atoms. The molecule has 1 heterocycles. The molecule has 0 saturated heterocycles. The van der Waals surface area contributed by atoms with Crippen LogP contribution >= 0.6 is 0 Å². The summed E-state index contributed by atoms with van der Waals surface area (Å²) in [5, 5.41) is 9.36. The zero-order valence-corrected chi connectivity index (χ0v) is 21.0. The molecule has 4 N–H and O–H groups in total. The highest BCUT2D eigenvalue weighted by Crippen LogP contribution is 2.20. The lowest BCUT2D eigenvalue weighted by Crippen LogP contribution is -2.57. The second kappa shape index (κ2) is 12.5. The lowest BCUT2D eigenvalue weighted by atomic mass is 9.89. The van der Waals surface area contributed by atoms with Gasteiger partial charge in [-0.05, 0) is 30.5 Å². The fraction of sp³-hybridized carbons (Fsp3) is 0.538. The highest BCUT2D eigenvalue weighted by atomic mass is 16.2. The molecule has 186 valence electrons. The van der Waals surface area contributed by atoms with Crippen molar-refractivity contribution in [2.75, 3.05) is 7.05 Å². The van der Waals surface area contributed by atoms with Crippen LogP contribution in [0.25, 0.3) is 10.9 Å². The largest absolute Gasteiger partial charge is 0.361 e. The number of amides is 2. The van der Waals surface area contributed by atoms with E-state index in [0.717, 1.165) is 22.9 Å². The van der Waals surface area contributed by atoms with Crippen molar-refractivity contribution in [2.45, 2.75) is 72.0 Å². The number of likely N-dealkylation sites (N-methyl/N-ethyl adjacent to an activating group) is 1. The Bertz CT molecular complexity index is 1020. The molecule has 1 aromatic carbocycles. The van der Waals surface area contributed by atoms with Crippen molar-refractivity contribution in [3.05, 3.63) is 36.0 Å². The summed E-state index contributed by atoms with van der Waals surface area (Å²) in [6, 6.07) is 5.17. The molecule has 1 aromatic heterocycles. The van der Waals surface area contributed by atoms with Crippen molar-refractivity contribution in [3.63, 3.8) is 0 Å². The van der Waals surface area contributed by atoms with Gasteiger partial charge in [0.05, 0.1) is 12.1 Å². The van der Waals surface area contributed by atoms with Crippen LogP contribution in [0.1, 0.15) is 53.0 Å². The first-order valence-corrected chi connectivity index (χ1v) is 12.0. The fourth-order valence-corrected chi connectivity index (χ4v) is 4.15. The Morgan fingerprint density at radius 2 is 1.53 bits per heavy atom. The van der Waals surface area contributed by atoms with Crippen LogP contribution in [0, 0.1) is 11.8 Å². The van der Waals surface area contributed by atoms with Gasteiger partial charge >= 0.3 is 0 Å². The van der Waals surface area contributed by atoms with E-state index < -0.39 is 35.6 Å². The highest BCUT2D eigenvalue weighted by Gasteiger charge is 2.36. The van der Waals surface area contributed by atoms with Crippen LogP contribution in [0.4, 0.5) is 0 Å². The number of hydrogen-bond acceptors (Lipinski definition) is 5. The van der Waals surface area contributed by atoms with Crippen LogP contribution in [0.2, 0.25) is 0 Å². The van der Waals surface area contributed by atoms with Gasteiger partial charge in [0, 0.05) is 30.4 Å². The molecule has 0 aliphatic rings. The zero-order chi connectivity index (χ0) is 25.4. The van der Waals surface area contributed by atoms with Crippen LogP contribution in [-0.2, 0) is 25.6 Å². The summed E-state index contributed by atoms with van der Waals surface area (Å²) < 4.78 is 0. The van der Waals surface area contributed by atoms with Crippen molar-refractivity contribution >= 4 is 34.3 Å². The molecule has 0 saturated carbocycles. The average Bonchev–Trinajstić information content (AvgIpc) is 3.23. The van der Waals surface area contributed by atoms with Gasteiger partial charge in [0.25, 0.3) is 0 Å². The summed E-state index contributed by atoms with van der Waals surface area (Å²) in [5.74, 6) is -2.19. The Morgan fingerprint density at radius 3 is 2.12 bits per heavy atom. The second-order valence-corrected chi connectivity index (χ2v) is 9.07. The van der Waals surface area contributed by atoms with E-state index in [1.54, 1.807) is 13.2 Å². The van der Waals surface area contributed by atoms with Gasteiger partial charge in [-0.25, -0.2) is 0 Å². The first kappa shape index (κ1) is 27.2. The minimum absolute atomic E-state index is 0.0434. The average molecular weight is 471 g/mol. The number of fused-ring (bicyclic) bond motifs is 1. The zero-order valence-electron chi connectivity index (χ0n) is 21.0. The molecule has 0 radical (unpaired) electrons. The summed E-state index contributed by atoms with van der Waals surface area (Å²) in [6.45, 7) is 9.01. The number of para-hydroxylation sites is 1. The van der Waals surface area contributed by atoms with Gasteiger partial charge in [0.1, 0.15) is 6.04 Å². The molecule has 0 spiro atoms. The second-order valence-electron chi connectivity index (χ2n) is 9.07. The van der Waals surface area contributed by atoms with Crippen molar-refractivity contribution in [3.8, 4) is 0 Å². The number of benzene rings is 1. The number of hydrogen-bond donors (Lipinski definition) is 4. The molecule has 2 rings (SSSR count). The molecule has 8 heteroatoms. The van der Waals surface area contributed by atoms with Gasteiger partial charge in [-0.1, -0.05) is 58.7 Å². The molecule has 5 atom stereocenters. The topological polar surface area (TPSA) is 120 Å². The molecule has 0 fully saturated rings. The van der Waals surface area contributed by atoms with Crippen molar-refractivity contribution < 1.29 is 19.2 Å². The van der Waals surface area contributed by atoms with E-state index in [4.69, 9.17) is 0 Å². The van der Waals surface area contributed by atoms with E-state index in [0.29, 0.717) is 6.42 Å². The van der Waals surface area contributed by atoms with E-state index >= 15 is 0 Å². The molecule has 2 unspecified atom stereocenters. The predicted octanol–water partition coefficient (Wildman–Crippen LogP) is 2.52. The van der Waals surface area contributed by atoms with Crippen LogP contribution in [-0.4, -0.2) is 53.5 Å². The van der Waals surface area contributed by atoms with Crippen LogP contribution in [0.5, 0.6) is 0 Å². The summed E-state index contributed by atoms with van der Waals surface area (Å²) in [4.78, 5) is 54.8. The first-order valence-electron chi connectivity index (χ1n) is 12.0. The molecule has 2 aromatic rings. The maximum Gasteiger partial charge on any atom is 0.243 e. The number of Topliss-reactive ketones (excluding diaryl/α,β-unsaturated/α-hetero) is 2. The SMILES string of the molecule is CC[C@H](C)C(NC(C)=O)C(=O)N[C@@H](Cc1c[nH]c2ccccc12)C(=O)C(=O)C(NC)[C@@H](C)CC. The van der Waals surface area contributed by atoms with Gasteiger partial charge in [0.15, 0.2) is 0 Å². The Kier molecular flexibility index (Phi) is 9.98. The smallest absolute Gasteiger partial charge is 0.243 e. The van der Waals surface area contributed by atoms with E-state index in [9.17, 15) is 19.2 Å². The third kappa shape index (κ3) is 6.53. The standard InChI is InChI=1S/C26H38N4O4/c1-7-15(3)22(27-6)25(33)24(32)21(13-18-14-28-20-12-10-9-11-19(18)20)30-26(34)23(16(4)8-2)29-17(5)31/h9-12,14-16,21-23,27-28H,7-8,13H2,1-6H3,(H,29,31)(H,30,34)/t15-,16-,21-,22?,23?/m0/s1. The number of ketones is 2. The number of rotatable bonds is 13. The third-order valence-electron chi connectivity index (χ3n) is 6.64. The Hall–Kier alpha value is -3.00. The molecular weight excluding hydrogens is 432 g/mol. The summed E-state index contributed by atoms with van der Waals surface area (Å²) >= 11 is 0. The molecule has 0 bridgehead atoms. The lowest BCUT2D eigenvalue weighted by molar-refractivity contribution is -0.141. The van der Waals surface area contributed by atoms with E-state index in [-0.39, 0.29) is 24.2 Å². The van der Waals surface area contributed by atoms with Crippen molar-refractivity contribution in [1.82, 2.24) is 20.9 Å². The van der Waals surface area contributed by atoms with Crippen LogP contribution in [0.3, 0.4) is 0 Å². The monoisotopic (exact) mass is 470 g/mol. The molecule has 2 amide bonds. The Morgan fingerprint density at radius 1 is 0.912 bits per heavy atom. The predicted molar refractivity (Wildman–Crippen MR) is 133 cm³/mol. The van der Waals surface area contributed by atoms with Gasteiger partial charge in [-0.15, -0.1) is 0 Å². The van der Waals surface area contributed by atoms with Gasteiger partial charge < -0.3 is 20.9 Å². The third-order valence-corrected chi connectivity index (χ3v) is 6.64. The Labute approximate surface area is 201 Å². The number of H-pyrrole nitrogens is 1. The quantitative estimate of drug-likeness (QED) is 0.335. The van der Waals surface area contributed by atoms with Crippen LogP contribution < -0.4 is 16.0 Å². The number of carbonyl (C=O) groups excluding carboxylic acids is 4. The van der Waals surface area contributed by atoms with Gasteiger partial charge in [-0.3, -0.25) is 19.2 Å². The number of aromatic nitrogens is 1. The van der Waals surface area contributed by atoms with E-state index in [1.807, 2.05) is 52.0 Å². The highest BCUT2D eigenvalue weighted by molar-refractivity contribution is 6.41. The molecule has 8 nitrogen and oxygen atoms in total. The van der Waals surface area contributed by atoms with Gasteiger partial charge in [0.2, 0.25) is 23.4 Å². The van der Waals surface area contributed by atoms with E-state index in [1.165, 1.54) is 6.92 Å². The lowest BCUT2D eigenvalue weighted by Gasteiger charge is -2.27. The van der Waals surface area contributed by atoms with Crippen molar-refractivity contribution in [2.24, 2.45) is 11.8 Å². The minimum Gasteiger partial charge on any atom is -0.361 e. The molecule has 0 aliphatic carbocycles. The number of aromatic amines is 1. The number of nitrogens with one attached hydrogen (secondary N) is 4. The van der Waals surface area contributed by atoms with E-state index in [2.05, 4.69) is 20.9 Å². The maximum absolute atomic E-state index is 13.4. The minimum atomic E-state index is -1.06. The summed E-state index contributed by atoms with van der Waals surface area (Å²) in [6.07, 6.45) is 3.34. The normalized spacial score (nSPS) is 15.7. The summed E-state index contributed by atoms with van der Waals surface area (Å²) in [7, 11) is 1.66. The number of carbonyl (C=O) groups is 4. The fourth-order valence-electron chi connectivity index (χ4n) is 4.15. The van der Waals surface area contributed by atoms with Crippen LogP contribution in [0.15, 0.2) is 30.5 Å². The van der Waals surface area contributed by atoms with Crippen molar-refractivity contribution in [1.29, 1.82) is 0 Å². The first-order chi connectivity index (χ1) is 16.1. The summed E-state index contributed by atoms with van der Waals surface area (Å²) in [5.41, 5.74) is 1.73.